The lowest BCUT2D eigenvalue weighted by Gasteiger charge is -2.46. The maximum atomic E-state index is 6.86. The second kappa shape index (κ2) is 73.0. The molecule has 2 saturated carbocycles. The lowest BCUT2D eigenvalue weighted by Crippen LogP contribution is -2.38. The highest BCUT2D eigenvalue weighted by molar-refractivity contribution is 7.42. The molecule has 0 unspecified atom stereocenters. The van der Waals surface area contributed by atoms with Gasteiger partial charge in [0.15, 0.2) is 0 Å². The van der Waals surface area contributed by atoms with Crippen LogP contribution in [0.25, 0.3) is 0 Å². The standard InChI is InChI=1S/C87H174O6P2/c1-7-11-15-19-23-27-31-35-39-43-47-51-55-59-63-67-79-88-94(89-80-68-64-60-56-52-48-44-40-36-32-28-24-20-16-12-8-2)92-85-75-71-83(72-76-85)87(5,6)84-73-77-86(78-74-84)93-95(90-81-69-65-61-57-53-49-45-41-37-33-29-25-21-17-13-9-3)91-82-70-66-62-58-54-50-46-42-38-34-30-26-22-18-14-10-4/h83-86H,7-82H2,1-6H3. The van der Waals surface area contributed by atoms with E-state index in [9.17, 15) is 0 Å². The Bertz CT molecular complexity index is 1270. The molecular formula is C87H174O6P2. The predicted octanol–water partition coefficient (Wildman–Crippen LogP) is 32.7. The molecule has 0 aliphatic heterocycles. The van der Waals surface area contributed by atoms with Crippen LogP contribution < -0.4 is 0 Å². The SMILES string of the molecule is CCCCCCCCCCCCCCCCCCOP(OCCCCCCCCCCCCCCCCCC)OC1CCC(C(C)(C)C2CCC(OP(OCCCCCCCCCCCCCCCCCC)OCCCCCCCCCCCCCCCCCC)CC2)CC1. The highest BCUT2D eigenvalue weighted by atomic mass is 31.2. The Hall–Kier alpha value is 0.620. The van der Waals surface area contributed by atoms with E-state index < -0.39 is 17.2 Å². The van der Waals surface area contributed by atoms with Crippen molar-refractivity contribution in [3.05, 3.63) is 0 Å². The third-order valence-electron chi connectivity index (χ3n) is 22.7. The molecule has 0 radical (unpaired) electrons. The largest absolute Gasteiger partial charge is 0.332 e. The molecule has 95 heavy (non-hydrogen) atoms. The van der Waals surface area contributed by atoms with Crippen molar-refractivity contribution in [2.45, 2.75) is 516 Å². The number of unbranched alkanes of at least 4 members (excludes halogenated alkanes) is 60. The first-order valence-corrected chi connectivity index (χ1v) is 46.6. The molecule has 2 aliphatic rings. The van der Waals surface area contributed by atoms with Gasteiger partial charge in [0.05, 0.1) is 38.6 Å². The first kappa shape index (κ1) is 91.7. The second-order valence-electron chi connectivity index (χ2n) is 32.0. The molecule has 568 valence electrons. The van der Waals surface area contributed by atoms with Crippen molar-refractivity contribution < 1.29 is 27.1 Å². The van der Waals surface area contributed by atoms with Gasteiger partial charge in [0.1, 0.15) is 0 Å². The average Bonchev–Trinajstić information content (AvgIpc) is 0.959. The molecule has 0 atom stereocenters. The lowest BCUT2D eigenvalue weighted by molar-refractivity contribution is 0.00223. The zero-order valence-corrected chi connectivity index (χ0v) is 67.7. The molecule has 0 aromatic carbocycles. The molecule has 8 heteroatoms. The van der Waals surface area contributed by atoms with E-state index in [1.807, 2.05) is 0 Å². The molecule has 0 aromatic rings. The summed E-state index contributed by atoms with van der Waals surface area (Å²) in [6.07, 6.45) is 99.0. The zero-order valence-electron chi connectivity index (χ0n) is 65.9. The van der Waals surface area contributed by atoms with E-state index in [0.29, 0.717) is 5.41 Å². The van der Waals surface area contributed by atoms with Crippen molar-refractivity contribution in [3.8, 4) is 0 Å². The summed E-state index contributed by atoms with van der Waals surface area (Å²) in [6.45, 7) is 17.6. The Balaban J connectivity index is 1.78. The third-order valence-corrected chi connectivity index (χ3v) is 25.2. The summed E-state index contributed by atoms with van der Waals surface area (Å²) in [5, 5.41) is 0. The van der Waals surface area contributed by atoms with Gasteiger partial charge in [0.25, 0.3) is 0 Å². The fourth-order valence-electron chi connectivity index (χ4n) is 15.8. The minimum atomic E-state index is -1.30. The van der Waals surface area contributed by atoms with Crippen LogP contribution in [0.3, 0.4) is 0 Å². The summed E-state index contributed by atoms with van der Waals surface area (Å²) in [4.78, 5) is 0. The maximum absolute atomic E-state index is 6.86. The Morgan fingerprint density at radius 3 is 0.484 bits per heavy atom. The van der Waals surface area contributed by atoms with E-state index in [1.54, 1.807) is 0 Å². The van der Waals surface area contributed by atoms with Crippen LogP contribution in [0.15, 0.2) is 0 Å². The van der Waals surface area contributed by atoms with Crippen LogP contribution in [0.1, 0.15) is 504 Å². The molecule has 0 saturated heterocycles. The van der Waals surface area contributed by atoms with Crippen molar-refractivity contribution >= 4 is 17.2 Å². The smallest absolute Gasteiger partial charge is 0.312 e. The fraction of sp³-hybridized carbons (Fsp3) is 1.00. The molecule has 0 heterocycles. The first-order chi connectivity index (χ1) is 46.9. The van der Waals surface area contributed by atoms with Gasteiger partial charge in [-0.1, -0.05) is 427 Å². The highest BCUT2D eigenvalue weighted by Gasteiger charge is 2.42. The monoisotopic (exact) mass is 1380 g/mol. The average molecular weight is 1380 g/mol. The van der Waals surface area contributed by atoms with Crippen LogP contribution in [0.4, 0.5) is 0 Å². The normalized spacial score (nSPS) is 17.2. The molecule has 0 amide bonds. The van der Waals surface area contributed by atoms with Crippen molar-refractivity contribution in [3.63, 3.8) is 0 Å². The van der Waals surface area contributed by atoms with E-state index in [0.717, 1.165) is 89.6 Å². The van der Waals surface area contributed by atoms with Crippen LogP contribution in [-0.2, 0) is 27.1 Å². The third kappa shape index (κ3) is 59.7. The van der Waals surface area contributed by atoms with Crippen LogP contribution in [0.5, 0.6) is 0 Å². The van der Waals surface area contributed by atoms with Gasteiger partial charge in [-0.05, 0) is 94.3 Å². The molecule has 0 spiro atoms. The molecule has 0 bridgehead atoms. The van der Waals surface area contributed by atoms with Gasteiger partial charge in [-0.2, -0.15) is 0 Å². The lowest BCUT2D eigenvalue weighted by atomic mass is 9.60. The second-order valence-corrected chi connectivity index (χ2v) is 34.3. The summed E-state index contributed by atoms with van der Waals surface area (Å²) in [6, 6.07) is 0. The quantitative estimate of drug-likeness (QED) is 0.0447. The van der Waals surface area contributed by atoms with Gasteiger partial charge < -0.3 is 27.1 Å². The van der Waals surface area contributed by atoms with Crippen molar-refractivity contribution in [1.29, 1.82) is 0 Å². The van der Waals surface area contributed by atoms with Gasteiger partial charge in [-0.25, -0.2) is 0 Å². The minimum Gasteiger partial charge on any atom is -0.312 e. The van der Waals surface area contributed by atoms with Crippen molar-refractivity contribution in [1.82, 2.24) is 0 Å². The van der Waals surface area contributed by atoms with Crippen LogP contribution >= 0.6 is 17.2 Å². The molecule has 2 fully saturated rings. The predicted molar refractivity (Wildman–Crippen MR) is 423 cm³/mol. The topological polar surface area (TPSA) is 55.4 Å². The first-order valence-electron chi connectivity index (χ1n) is 44.4. The van der Waals surface area contributed by atoms with Crippen LogP contribution in [0.2, 0.25) is 0 Å². The summed E-state index contributed by atoms with van der Waals surface area (Å²) in [7, 11) is -2.60. The van der Waals surface area contributed by atoms with E-state index in [4.69, 9.17) is 27.1 Å². The van der Waals surface area contributed by atoms with E-state index in [1.165, 1.54) is 411 Å². The molecule has 0 N–H and O–H groups in total. The van der Waals surface area contributed by atoms with Crippen LogP contribution in [0, 0.1) is 17.3 Å². The number of hydrogen-bond donors (Lipinski definition) is 0. The molecule has 2 aliphatic carbocycles. The van der Waals surface area contributed by atoms with Gasteiger partial charge in [0, 0.05) is 0 Å². The molecular weight excluding hydrogens is 1200 g/mol. The van der Waals surface area contributed by atoms with Crippen molar-refractivity contribution in [2.24, 2.45) is 17.3 Å². The minimum absolute atomic E-state index is 0.256. The highest BCUT2D eigenvalue weighted by Crippen LogP contribution is 2.53. The van der Waals surface area contributed by atoms with Crippen LogP contribution in [-0.4, -0.2) is 38.6 Å². The Kier molecular flexibility index (Phi) is 70.4. The molecule has 2 rings (SSSR count). The van der Waals surface area contributed by atoms with Gasteiger partial charge in [-0.3, -0.25) is 0 Å². The molecule has 0 aromatic heterocycles. The summed E-state index contributed by atoms with van der Waals surface area (Å²) in [5.74, 6) is 1.47. The Morgan fingerprint density at radius 2 is 0.337 bits per heavy atom. The van der Waals surface area contributed by atoms with Gasteiger partial charge in [-0.15, -0.1) is 0 Å². The van der Waals surface area contributed by atoms with Gasteiger partial charge in [0.2, 0.25) is 0 Å². The Labute approximate surface area is 600 Å². The fourth-order valence-corrected chi connectivity index (χ4v) is 18.2. The summed E-state index contributed by atoms with van der Waals surface area (Å²) in [5.41, 5.74) is 0.312. The van der Waals surface area contributed by atoms with Gasteiger partial charge >= 0.3 is 17.2 Å². The Morgan fingerprint density at radius 1 is 0.200 bits per heavy atom. The number of hydrogen-bond acceptors (Lipinski definition) is 6. The van der Waals surface area contributed by atoms with Crippen molar-refractivity contribution in [2.75, 3.05) is 26.4 Å². The zero-order chi connectivity index (χ0) is 67.9. The molecule has 6 nitrogen and oxygen atoms in total. The summed E-state index contributed by atoms with van der Waals surface area (Å²) < 4.78 is 39.9. The van der Waals surface area contributed by atoms with E-state index in [2.05, 4.69) is 41.5 Å². The number of rotatable bonds is 78. The summed E-state index contributed by atoms with van der Waals surface area (Å²) >= 11 is 0. The van der Waals surface area contributed by atoms with E-state index in [-0.39, 0.29) is 12.2 Å². The maximum Gasteiger partial charge on any atom is 0.332 e. The van der Waals surface area contributed by atoms with E-state index >= 15 is 0 Å².